The van der Waals surface area contributed by atoms with E-state index in [1.54, 1.807) is 46.0 Å². The van der Waals surface area contributed by atoms with Crippen LogP contribution in [0.5, 0.6) is 0 Å². The van der Waals surface area contributed by atoms with Gasteiger partial charge in [-0.2, -0.15) is 18.3 Å². The summed E-state index contributed by atoms with van der Waals surface area (Å²) >= 11 is 0. The van der Waals surface area contributed by atoms with E-state index in [1.807, 2.05) is 25.8 Å². The molecule has 2 aromatic heterocycles. The quantitative estimate of drug-likeness (QED) is 0.354. The van der Waals surface area contributed by atoms with Crippen LogP contribution in [0.4, 0.5) is 24.5 Å². The zero-order valence-electron chi connectivity index (χ0n) is 23.7. The largest absolute Gasteiger partial charge is 0.416 e. The van der Waals surface area contributed by atoms with Gasteiger partial charge in [-0.1, -0.05) is 18.2 Å². The average molecular weight is 567 g/mol. The molecule has 1 saturated heterocycles. The van der Waals surface area contributed by atoms with Crippen molar-refractivity contribution in [3.63, 3.8) is 0 Å². The zero-order chi connectivity index (χ0) is 29.5. The minimum atomic E-state index is -4.56. The highest BCUT2D eigenvalue weighted by Gasteiger charge is 2.35. The number of benzene rings is 2. The highest BCUT2D eigenvalue weighted by molar-refractivity contribution is 6.05. The first kappa shape index (κ1) is 28.3. The molecule has 5 rings (SSSR count). The molecule has 0 unspecified atom stereocenters. The number of anilines is 2. The molecule has 12 heteroatoms. The first-order chi connectivity index (χ1) is 19.5. The van der Waals surface area contributed by atoms with Gasteiger partial charge in [0.15, 0.2) is 0 Å². The molecule has 0 spiro atoms. The second kappa shape index (κ2) is 11.0. The number of alkyl halides is 3. The van der Waals surface area contributed by atoms with E-state index in [4.69, 9.17) is 0 Å². The van der Waals surface area contributed by atoms with Gasteiger partial charge in [0.05, 0.1) is 23.6 Å². The third-order valence-electron chi connectivity index (χ3n) is 7.83. The first-order valence-electron chi connectivity index (χ1n) is 13.5. The van der Waals surface area contributed by atoms with Crippen LogP contribution >= 0.6 is 0 Å². The first-order valence-corrected chi connectivity index (χ1v) is 13.5. The number of aromatic nitrogens is 5. The fourth-order valence-corrected chi connectivity index (χ4v) is 5.15. The lowest BCUT2D eigenvalue weighted by molar-refractivity contribution is -0.138. The predicted molar refractivity (Wildman–Crippen MR) is 151 cm³/mol. The Balaban J connectivity index is 1.43. The Morgan fingerprint density at radius 2 is 1.76 bits per heavy atom. The summed E-state index contributed by atoms with van der Waals surface area (Å²) in [5.41, 5.74) is 4.16. The van der Waals surface area contributed by atoms with E-state index in [1.165, 1.54) is 6.92 Å². The predicted octanol–water partition coefficient (Wildman–Crippen LogP) is 5.01. The molecule has 1 N–H and O–H groups in total. The monoisotopic (exact) mass is 566 g/mol. The number of hydrogen-bond acceptors (Lipinski definition) is 6. The van der Waals surface area contributed by atoms with Gasteiger partial charge in [0, 0.05) is 61.4 Å². The van der Waals surface area contributed by atoms with E-state index >= 15 is 0 Å². The van der Waals surface area contributed by atoms with Gasteiger partial charge < -0.3 is 15.1 Å². The van der Waals surface area contributed by atoms with E-state index in [9.17, 15) is 18.0 Å². The second-order valence-electron chi connectivity index (χ2n) is 10.4. The van der Waals surface area contributed by atoms with Gasteiger partial charge in [0.1, 0.15) is 5.69 Å². The van der Waals surface area contributed by atoms with Crippen molar-refractivity contribution in [3.8, 4) is 16.9 Å². The third-order valence-corrected chi connectivity index (χ3v) is 7.83. The SMILES string of the molecule is CCN1CCN(c2cc(NC(=O)c3ccc(C)c(-n4cc(-c5cnn(C)c5C)nn4)c3)cc(C(F)(F)F)c2C)CC1. The molecule has 0 radical (unpaired) electrons. The molecule has 0 saturated carbocycles. The van der Waals surface area contributed by atoms with Crippen molar-refractivity contribution in [1.82, 2.24) is 29.7 Å². The number of carbonyl (C=O) groups excluding carboxylic acids is 1. The molecule has 4 aromatic rings. The van der Waals surface area contributed by atoms with Crippen LogP contribution in [0.2, 0.25) is 0 Å². The van der Waals surface area contributed by atoms with E-state index in [2.05, 4.69) is 32.6 Å². The van der Waals surface area contributed by atoms with E-state index in [0.717, 1.165) is 42.5 Å². The van der Waals surface area contributed by atoms with Crippen LogP contribution in [0.3, 0.4) is 0 Å². The number of piperazine rings is 1. The third kappa shape index (κ3) is 5.69. The Hall–Kier alpha value is -4.19. The molecular weight excluding hydrogens is 533 g/mol. The molecule has 1 amide bonds. The van der Waals surface area contributed by atoms with Crippen molar-refractivity contribution in [3.05, 3.63) is 70.7 Å². The van der Waals surface area contributed by atoms with Gasteiger partial charge in [0.25, 0.3) is 5.91 Å². The molecule has 216 valence electrons. The fourth-order valence-electron chi connectivity index (χ4n) is 5.15. The molecule has 0 bridgehead atoms. The molecule has 0 aliphatic carbocycles. The van der Waals surface area contributed by atoms with Crippen LogP contribution < -0.4 is 10.2 Å². The van der Waals surface area contributed by atoms with Gasteiger partial charge in [-0.3, -0.25) is 9.48 Å². The van der Waals surface area contributed by atoms with E-state index in [-0.39, 0.29) is 16.8 Å². The van der Waals surface area contributed by atoms with Gasteiger partial charge in [-0.15, -0.1) is 5.10 Å². The molecule has 1 aliphatic rings. The Morgan fingerprint density at radius 1 is 1.02 bits per heavy atom. The highest BCUT2D eigenvalue weighted by Crippen LogP contribution is 2.39. The Kier molecular flexibility index (Phi) is 7.60. The number of rotatable bonds is 6. The maximum atomic E-state index is 14.0. The number of amides is 1. The van der Waals surface area contributed by atoms with Gasteiger partial charge >= 0.3 is 6.18 Å². The standard InChI is InChI=1S/C29H33F3N8O/c1-6-38-9-11-39(12-10-38)27-15-22(14-24(19(27)3)29(30,31)32)34-28(41)21-8-7-18(2)26(13-21)40-17-25(35-36-40)23-16-33-37(5)20(23)4/h7-8,13-17H,6,9-12H2,1-5H3,(H,34,41). The lowest BCUT2D eigenvalue weighted by Gasteiger charge is -2.37. The van der Waals surface area contributed by atoms with Crippen molar-refractivity contribution in [2.45, 2.75) is 33.9 Å². The summed E-state index contributed by atoms with van der Waals surface area (Å²) < 4.78 is 45.4. The molecule has 9 nitrogen and oxygen atoms in total. The molecule has 2 aromatic carbocycles. The minimum absolute atomic E-state index is 0.0954. The second-order valence-corrected chi connectivity index (χ2v) is 10.4. The molecule has 0 atom stereocenters. The summed E-state index contributed by atoms with van der Waals surface area (Å²) in [4.78, 5) is 17.5. The summed E-state index contributed by atoms with van der Waals surface area (Å²) in [6.07, 6.45) is -1.08. The molecule has 3 heterocycles. The van der Waals surface area contributed by atoms with Gasteiger partial charge in [-0.25, -0.2) is 4.68 Å². The summed E-state index contributed by atoms with van der Waals surface area (Å²) in [6, 6.07) is 7.72. The van der Waals surface area contributed by atoms with Crippen molar-refractivity contribution in [2.75, 3.05) is 42.9 Å². The highest BCUT2D eigenvalue weighted by atomic mass is 19.4. The summed E-state index contributed by atoms with van der Waals surface area (Å²) in [7, 11) is 1.84. The van der Waals surface area contributed by atoms with Crippen LogP contribution in [0.25, 0.3) is 16.9 Å². The minimum Gasteiger partial charge on any atom is -0.369 e. The number of nitrogens with zero attached hydrogens (tertiary/aromatic N) is 7. The van der Waals surface area contributed by atoms with Crippen LogP contribution in [-0.2, 0) is 13.2 Å². The topological polar surface area (TPSA) is 84.1 Å². The van der Waals surface area contributed by atoms with Gasteiger partial charge in [-0.05, 0) is 62.7 Å². The maximum Gasteiger partial charge on any atom is 0.416 e. The molecule has 1 aliphatic heterocycles. The van der Waals surface area contributed by atoms with Crippen molar-refractivity contribution in [2.24, 2.45) is 7.05 Å². The smallest absolute Gasteiger partial charge is 0.369 e. The zero-order valence-corrected chi connectivity index (χ0v) is 23.7. The van der Waals surface area contributed by atoms with Gasteiger partial charge in [0.2, 0.25) is 0 Å². The molecule has 1 fully saturated rings. The van der Waals surface area contributed by atoms with Crippen LogP contribution in [0, 0.1) is 20.8 Å². The van der Waals surface area contributed by atoms with Crippen LogP contribution in [-0.4, -0.2) is 68.3 Å². The number of likely N-dealkylation sites (N-methyl/N-ethyl adjacent to an activating group) is 1. The number of carbonyl (C=O) groups is 1. The lowest BCUT2D eigenvalue weighted by Crippen LogP contribution is -2.46. The number of aryl methyl sites for hydroxylation is 2. The van der Waals surface area contributed by atoms with Crippen molar-refractivity contribution in [1.29, 1.82) is 0 Å². The normalized spacial score (nSPS) is 14.5. The van der Waals surface area contributed by atoms with Crippen LogP contribution in [0.1, 0.15) is 39.7 Å². The summed E-state index contributed by atoms with van der Waals surface area (Å²) in [6.45, 7) is 11.0. The number of hydrogen-bond donors (Lipinski definition) is 1. The maximum absolute atomic E-state index is 14.0. The summed E-state index contributed by atoms with van der Waals surface area (Å²) in [5, 5.41) is 15.5. The Labute approximate surface area is 236 Å². The van der Waals surface area contributed by atoms with Crippen molar-refractivity contribution < 1.29 is 18.0 Å². The fraction of sp³-hybridized carbons (Fsp3) is 0.379. The molecular formula is C29H33F3N8O. The van der Waals surface area contributed by atoms with Crippen molar-refractivity contribution >= 4 is 17.3 Å². The molecule has 41 heavy (non-hydrogen) atoms. The Bertz CT molecular complexity index is 1580. The summed E-state index contributed by atoms with van der Waals surface area (Å²) in [5.74, 6) is -0.520. The average Bonchev–Trinajstić information content (AvgIpc) is 3.55. The van der Waals surface area contributed by atoms with E-state index in [0.29, 0.717) is 30.2 Å². The van der Waals surface area contributed by atoms with Crippen LogP contribution in [0.15, 0.2) is 42.7 Å². The van der Waals surface area contributed by atoms with E-state index < -0.39 is 17.6 Å². The number of halogens is 3. The Morgan fingerprint density at radius 3 is 2.39 bits per heavy atom. The lowest BCUT2D eigenvalue weighted by atomic mass is 10.0. The number of nitrogens with one attached hydrogen (secondary N) is 1.